The van der Waals surface area contributed by atoms with E-state index in [2.05, 4.69) is 13.8 Å². The molecule has 104 valence electrons. The average Bonchev–Trinajstić information content (AvgIpc) is 2.53. The second-order valence-corrected chi connectivity index (χ2v) is 7.22. The molecule has 0 atom stereocenters. The van der Waals surface area contributed by atoms with Gasteiger partial charge in [-0.1, -0.05) is 28.8 Å². The van der Waals surface area contributed by atoms with E-state index in [1.807, 2.05) is 19.1 Å². The third kappa shape index (κ3) is 3.07. The minimum atomic E-state index is -3.34. The Bertz CT molecular complexity index is 569. The van der Waals surface area contributed by atoms with Crippen molar-refractivity contribution in [1.82, 2.24) is 4.31 Å². The Kier molecular flexibility index (Phi) is 4.11. The quantitative estimate of drug-likeness (QED) is 0.780. The fourth-order valence-electron chi connectivity index (χ4n) is 2.22. The molecule has 0 saturated carbocycles. The van der Waals surface area contributed by atoms with Gasteiger partial charge in [0.15, 0.2) is 0 Å². The number of sulfonamides is 1. The van der Waals surface area contributed by atoms with Gasteiger partial charge < -0.3 is 0 Å². The van der Waals surface area contributed by atoms with Gasteiger partial charge >= 0.3 is 0 Å². The molecule has 0 N–H and O–H groups in total. The lowest BCUT2D eigenvalue weighted by molar-refractivity contribution is 0.425. The maximum Gasteiger partial charge on any atom is 0.243 e. The van der Waals surface area contributed by atoms with Crippen LogP contribution in [0.25, 0.3) is 0 Å². The zero-order chi connectivity index (χ0) is 14.0. The first-order valence-corrected chi connectivity index (χ1v) is 8.07. The molecule has 1 aromatic rings. The molecule has 0 amide bonds. The highest BCUT2D eigenvalue weighted by Crippen LogP contribution is 2.23. The van der Waals surface area contributed by atoms with Gasteiger partial charge in [0, 0.05) is 13.1 Å². The first-order chi connectivity index (χ1) is 8.91. The van der Waals surface area contributed by atoms with Crippen LogP contribution in [0.4, 0.5) is 0 Å². The molecule has 0 saturated heterocycles. The summed E-state index contributed by atoms with van der Waals surface area (Å²) in [5.41, 5.74) is 3.71. The molecule has 0 spiro atoms. The van der Waals surface area contributed by atoms with E-state index < -0.39 is 10.0 Å². The van der Waals surface area contributed by atoms with Crippen molar-refractivity contribution in [2.75, 3.05) is 13.1 Å². The second-order valence-electron chi connectivity index (χ2n) is 5.28. The number of nitrogens with zero attached hydrogens (tertiary/aromatic N) is 1. The zero-order valence-corrected chi connectivity index (χ0v) is 12.6. The van der Waals surface area contributed by atoms with E-state index in [9.17, 15) is 8.42 Å². The van der Waals surface area contributed by atoms with Crippen LogP contribution >= 0.6 is 0 Å². The standard InChI is InChI=1S/C15H21NO2S/c1-12-4-6-15(7-5-12)19(17,18)16-10-8-13(2)14(3)9-11-16/h4-7H,8-11H2,1-3H3. The highest BCUT2D eigenvalue weighted by molar-refractivity contribution is 7.89. The van der Waals surface area contributed by atoms with E-state index in [1.54, 1.807) is 16.4 Å². The minimum Gasteiger partial charge on any atom is -0.207 e. The van der Waals surface area contributed by atoms with E-state index in [0.717, 1.165) is 18.4 Å². The van der Waals surface area contributed by atoms with Crippen LogP contribution in [0, 0.1) is 6.92 Å². The Labute approximate surface area is 116 Å². The molecular weight excluding hydrogens is 258 g/mol. The molecule has 19 heavy (non-hydrogen) atoms. The van der Waals surface area contributed by atoms with Gasteiger partial charge in [0.2, 0.25) is 10.0 Å². The fourth-order valence-corrected chi connectivity index (χ4v) is 3.66. The number of hydrogen-bond donors (Lipinski definition) is 0. The molecule has 3 nitrogen and oxygen atoms in total. The summed E-state index contributed by atoms with van der Waals surface area (Å²) >= 11 is 0. The van der Waals surface area contributed by atoms with E-state index in [0.29, 0.717) is 18.0 Å². The Hall–Kier alpha value is -1.13. The fraction of sp³-hybridized carbons (Fsp3) is 0.467. The van der Waals surface area contributed by atoms with Crippen LogP contribution in [0.1, 0.15) is 32.3 Å². The molecule has 1 heterocycles. The molecule has 0 fully saturated rings. The van der Waals surface area contributed by atoms with Gasteiger partial charge in [0.05, 0.1) is 4.90 Å². The summed E-state index contributed by atoms with van der Waals surface area (Å²) in [5, 5.41) is 0. The Morgan fingerprint density at radius 3 is 1.84 bits per heavy atom. The molecule has 0 aliphatic carbocycles. The predicted octanol–water partition coefficient (Wildman–Crippen LogP) is 3.12. The van der Waals surface area contributed by atoms with Crippen molar-refractivity contribution in [3.05, 3.63) is 41.0 Å². The average molecular weight is 279 g/mol. The van der Waals surface area contributed by atoms with E-state index >= 15 is 0 Å². The Balaban J connectivity index is 2.24. The highest BCUT2D eigenvalue weighted by atomic mass is 32.2. The number of benzene rings is 1. The molecular formula is C15H21NO2S. The summed E-state index contributed by atoms with van der Waals surface area (Å²) in [6.07, 6.45) is 1.66. The van der Waals surface area contributed by atoms with Crippen molar-refractivity contribution in [3.8, 4) is 0 Å². The molecule has 2 rings (SSSR count). The van der Waals surface area contributed by atoms with Gasteiger partial charge in [-0.3, -0.25) is 0 Å². The van der Waals surface area contributed by atoms with Gasteiger partial charge in [0.25, 0.3) is 0 Å². The number of hydrogen-bond acceptors (Lipinski definition) is 2. The molecule has 0 unspecified atom stereocenters. The summed E-state index contributed by atoms with van der Waals surface area (Å²) in [6.45, 7) is 7.31. The summed E-state index contributed by atoms with van der Waals surface area (Å²) in [4.78, 5) is 0.398. The second kappa shape index (κ2) is 5.47. The first-order valence-electron chi connectivity index (χ1n) is 6.63. The molecule has 4 heteroatoms. The molecule has 0 aromatic heterocycles. The van der Waals surface area contributed by atoms with Crippen molar-refractivity contribution >= 4 is 10.0 Å². The van der Waals surface area contributed by atoms with Crippen LogP contribution in [0.15, 0.2) is 40.3 Å². The molecule has 0 radical (unpaired) electrons. The van der Waals surface area contributed by atoms with Crippen molar-refractivity contribution in [2.45, 2.75) is 38.5 Å². The molecule has 1 aliphatic heterocycles. The monoisotopic (exact) mass is 279 g/mol. The highest BCUT2D eigenvalue weighted by Gasteiger charge is 2.25. The summed E-state index contributed by atoms with van der Waals surface area (Å²) in [6, 6.07) is 7.09. The topological polar surface area (TPSA) is 37.4 Å². The van der Waals surface area contributed by atoms with Crippen molar-refractivity contribution in [3.63, 3.8) is 0 Å². The van der Waals surface area contributed by atoms with Crippen molar-refractivity contribution in [2.24, 2.45) is 0 Å². The first kappa shape index (κ1) is 14.3. The van der Waals surface area contributed by atoms with Crippen molar-refractivity contribution < 1.29 is 8.42 Å². The Morgan fingerprint density at radius 1 is 0.895 bits per heavy atom. The van der Waals surface area contributed by atoms with E-state index in [4.69, 9.17) is 0 Å². The lowest BCUT2D eigenvalue weighted by atomic mass is 10.1. The van der Waals surface area contributed by atoms with Gasteiger partial charge in [-0.25, -0.2) is 8.42 Å². The normalized spacial score (nSPS) is 18.5. The van der Waals surface area contributed by atoms with Gasteiger partial charge in [0.1, 0.15) is 0 Å². The lowest BCUT2D eigenvalue weighted by Gasteiger charge is -2.20. The third-order valence-corrected chi connectivity index (χ3v) is 5.77. The molecule has 1 aliphatic rings. The SMILES string of the molecule is CC1=C(C)CCN(S(=O)(=O)c2ccc(C)cc2)CC1. The summed E-state index contributed by atoms with van der Waals surface area (Å²) in [7, 11) is -3.34. The largest absolute Gasteiger partial charge is 0.243 e. The minimum absolute atomic E-state index is 0.398. The van der Waals surface area contributed by atoms with Crippen LogP contribution in [-0.2, 0) is 10.0 Å². The predicted molar refractivity (Wildman–Crippen MR) is 77.5 cm³/mol. The van der Waals surface area contributed by atoms with Gasteiger partial charge in [-0.2, -0.15) is 4.31 Å². The van der Waals surface area contributed by atoms with Crippen LogP contribution in [0.5, 0.6) is 0 Å². The summed E-state index contributed by atoms with van der Waals surface area (Å²) in [5.74, 6) is 0. The molecule has 1 aromatic carbocycles. The van der Waals surface area contributed by atoms with Gasteiger partial charge in [-0.05, 0) is 45.7 Å². The Morgan fingerprint density at radius 2 is 1.37 bits per heavy atom. The van der Waals surface area contributed by atoms with E-state index in [1.165, 1.54) is 11.1 Å². The van der Waals surface area contributed by atoms with E-state index in [-0.39, 0.29) is 0 Å². The van der Waals surface area contributed by atoms with Crippen molar-refractivity contribution in [1.29, 1.82) is 0 Å². The number of rotatable bonds is 2. The maximum atomic E-state index is 12.6. The molecule has 0 bridgehead atoms. The maximum absolute atomic E-state index is 12.6. The van der Waals surface area contributed by atoms with Gasteiger partial charge in [-0.15, -0.1) is 0 Å². The smallest absolute Gasteiger partial charge is 0.207 e. The van der Waals surface area contributed by atoms with Crippen LogP contribution in [-0.4, -0.2) is 25.8 Å². The lowest BCUT2D eigenvalue weighted by Crippen LogP contribution is -2.32. The number of aryl methyl sites for hydroxylation is 1. The van der Waals surface area contributed by atoms with Crippen LogP contribution in [0.2, 0.25) is 0 Å². The third-order valence-electron chi connectivity index (χ3n) is 3.86. The zero-order valence-electron chi connectivity index (χ0n) is 11.8. The van der Waals surface area contributed by atoms with Crippen LogP contribution < -0.4 is 0 Å². The van der Waals surface area contributed by atoms with Crippen LogP contribution in [0.3, 0.4) is 0 Å². The summed E-state index contributed by atoms with van der Waals surface area (Å²) < 4.78 is 26.8.